The highest BCUT2D eigenvalue weighted by Gasteiger charge is 2.18. The largest absolute Gasteiger partial charge is 0.436 e. The number of nitro groups is 1. The molecule has 6 rings (SSSR count). The van der Waals surface area contributed by atoms with Crippen LogP contribution in [-0.4, -0.2) is 14.9 Å². The van der Waals surface area contributed by atoms with Crippen molar-refractivity contribution in [1.82, 2.24) is 9.97 Å². The molecule has 0 atom stereocenters. The number of para-hydroxylation sites is 4. The Bertz CT molecular complexity index is 1790. The van der Waals surface area contributed by atoms with E-state index in [1.807, 2.05) is 80.6 Å². The lowest BCUT2D eigenvalue weighted by atomic mass is 10.00. The Labute approximate surface area is 244 Å². The molecule has 0 saturated heterocycles. The molecule has 0 spiro atoms. The number of nitrogens with zero attached hydrogens (tertiary/aromatic N) is 3. The Morgan fingerprint density at radius 1 is 0.714 bits per heavy atom. The van der Waals surface area contributed by atoms with Crippen LogP contribution in [0, 0.1) is 22.0 Å². The third-order valence-electron chi connectivity index (χ3n) is 6.77. The summed E-state index contributed by atoms with van der Waals surface area (Å²) in [5.41, 5.74) is 13.6. The van der Waals surface area contributed by atoms with E-state index in [0.717, 1.165) is 39.9 Å². The first kappa shape index (κ1) is 28.5. The second kappa shape index (κ2) is 12.3. The van der Waals surface area contributed by atoms with Crippen LogP contribution in [0.25, 0.3) is 45.1 Å². The Morgan fingerprint density at radius 2 is 1.19 bits per heavy atom. The molecular weight excluding hydrogens is 528 g/mol. The summed E-state index contributed by atoms with van der Waals surface area (Å²) < 4.78 is 11.4. The van der Waals surface area contributed by atoms with E-state index in [0.29, 0.717) is 41.2 Å². The van der Waals surface area contributed by atoms with Crippen LogP contribution in [0.3, 0.4) is 0 Å². The van der Waals surface area contributed by atoms with Crippen LogP contribution >= 0.6 is 0 Å². The van der Waals surface area contributed by atoms with Crippen molar-refractivity contribution in [2.75, 3.05) is 5.73 Å². The normalized spacial score (nSPS) is 11.3. The second-order valence-corrected chi connectivity index (χ2v) is 11.2. The van der Waals surface area contributed by atoms with Gasteiger partial charge in [-0.1, -0.05) is 64.1 Å². The predicted octanol–water partition coefficient (Wildman–Crippen LogP) is 8.88. The van der Waals surface area contributed by atoms with E-state index in [1.54, 1.807) is 12.1 Å². The number of hydrogen-bond donors (Lipinski definition) is 1. The van der Waals surface area contributed by atoms with E-state index in [2.05, 4.69) is 29.9 Å². The number of benzene rings is 4. The second-order valence-electron chi connectivity index (χ2n) is 11.2. The number of nitro benzene ring substituents is 1. The summed E-state index contributed by atoms with van der Waals surface area (Å²) >= 11 is 0. The van der Waals surface area contributed by atoms with Crippen molar-refractivity contribution >= 4 is 33.6 Å². The zero-order valence-corrected chi connectivity index (χ0v) is 24.2. The molecule has 0 bridgehead atoms. The molecule has 0 radical (unpaired) electrons. The standard InChI is InChI=1S/C17H16N2O3.C17H18N2O/c1-11(2)9-12-7-8-13(10-15(12)19(20)21)17-18-14-5-3-4-6-16(14)22-17;1-11(2)9-12-7-8-13(10-14(12)18)17-19-15-5-3-4-6-16(15)20-17/h3-8,10-11H,9H2,1-2H3;3-8,10-11H,9,18H2,1-2H3. The molecule has 0 unspecified atom stereocenters. The van der Waals surface area contributed by atoms with Gasteiger partial charge in [-0.2, -0.15) is 0 Å². The Hall–Kier alpha value is -4.98. The smallest absolute Gasteiger partial charge is 0.273 e. The molecule has 2 heterocycles. The van der Waals surface area contributed by atoms with E-state index >= 15 is 0 Å². The van der Waals surface area contributed by atoms with Crippen molar-refractivity contribution in [3.63, 3.8) is 0 Å². The van der Waals surface area contributed by atoms with E-state index < -0.39 is 0 Å². The average molecular weight is 563 g/mol. The molecular formula is C34H34N4O4. The van der Waals surface area contributed by atoms with Gasteiger partial charge in [0.25, 0.3) is 5.69 Å². The molecule has 214 valence electrons. The quantitative estimate of drug-likeness (QED) is 0.117. The number of fused-ring (bicyclic) bond motifs is 2. The minimum absolute atomic E-state index is 0.119. The maximum absolute atomic E-state index is 11.3. The Kier molecular flexibility index (Phi) is 8.33. The summed E-state index contributed by atoms with van der Waals surface area (Å²) in [5, 5.41) is 11.3. The van der Waals surface area contributed by atoms with Gasteiger partial charge in [0, 0.05) is 28.4 Å². The molecule has 0 aliphatic carbocycles. The van der Waals surface area contributed by atoms with Gasteiger partial charge in [-0.3, -0.25) is 10.1 Å². The van der Waals surface area contributed by atoms with Crippen molar-refractivity contribution in [3.8, 4) is 22.9 Å². The first-order valence-corrected chi connectivity index (χ1v) is 14.1. The minimum atomic E-state index is -0.343. The van der Waals surface area contributed by atoms with Crippen LogP contribution in [0.1, 0.15) is 38.8 Å². The molecule has 0 saturated carbocycles. The highest BCUT2D eigenvalue weighted by Crippen LogP contribution is 2.31. The Balaban J connectivity index is 0.000000169. The molecule has 6 aromatic rings. The number of nitrogens with two attached hydrogens (primary N) is 1. The molecule has 8 heteroatoms. The lowest BCUT2D eigenvalue weighted by Gasteiger charge is -2.09. The third kappa shape index (κ3) is 6.49. The summed E-state index contributed by atoms with van der Waals surface area (Å²) in [7, 11) is 0. The van der Waals surface area contributed by atoms with Crippen molar-refractivity contribution < 1.29 is 13.8 Å². The van der Waals surface area contributed by atoms with Gasteiger partial charge < -0.3 is 14.6 Å². The average Bonchev–Trinajstić information content (AvgIpc) is 3.59. The molecule has 2 N–H and O–H groups in total. The van der Waals surface area contributed by atoms with E-state index in [9.17, 15) is 10.1 Å². The van der Waals surface area contributed by atoms with Gasteiger partial charge in [-0.05, 0) is 72.7 Å². The number of nitrogen functional groups attached to an aromatic ring is 1. The summed E-state index contributed by atoms with van der Waals surface area (Å²) in [6, 6.07) is 26.4. The highest BCUT2D eigenvalue weighted by atomic mass is 16.6. The van der Waals surface area contributed by atoms with Gasteiger partial charge in [-0.15, -0.1) is 0 Å². The SMILES string of the molecule is CC(C)Cc1ccc(-c2nc3ccccc3o2)cc1N.CC(C)Cc1ccc(-c2nc3ccccc3o2)cc1[N+](=O)[O-]. The fourth-order valence-electron chi connectivity index (χ4n) is 4.82. The van der Waals surface area contributed by atoms with Crippen molar-refractivity contribution in [2.45, 2.75) is 40.5 Å². The van der Waals surface area contributed by atoms with Crippen LogP contribution in [0.15, 0.2) is 93.8 Å². The molecule has 0 amide bonds. The molecule has 0 fully saturated rings. The van der Waals surface area contributed by atoms with Crippen molar-refractivity contribution in [3.05, 3.63) is 106 Å². The van der Waals surface area contributed by atoms with Gasteiger partial charge in [0.05, 0.1) is 4.92 Å². The minimum Gasteiger partial charge on any atom is -0.436 e. The van der Waals surface area contributed by atoms with E-state index in [-0.39, 0.29) is 10.6 Å². The molecule has 8 nitrogen and oxygen atoms in total. The monoisotopic (exact) mass is 562 g/mol. The zero-order chi connectivity index (χ0) is 29.8. The van der Waals surface area contributed by atoms with Crippen LogP contribution in [0.2, 0.25) is 0 Å². The summed E-state index contributed by atoms with van der Waals surface area (Å²) in [6.45, 7) is 8.46. The van der Waals surface area contributed by atoms with Crippen LogP contribution in [0.4, 0.5) is 11.4 Å². The van der Waals surface area contributed by atoms with Crippen LogP contribution in [-0.2, 0) is 12.8 Å². The molecule has 0 aliphatic rings. The van der Waals surface area contributed by atoms with Gasteiger partial charge >= 0.3 is 0 Å². The highest BCUT2D eigenvalue weighted by molar-refractivity contribution is 5.77. The molecule has 4 aromatic carbocycles. The topological polar surface area (TPSA) is 121 Å². The van der Waals surface area contributed by atoms with Gasteiger partial charge in [0.2, 0.25) is 11.8 Å². The van der Waals surface area contributed by atoms with Gasteiger partial charge in [-0.25, -0.2) is 9.97 Å². The Morgan fingerprint density at radius 3 is 1.67 bits per heavy atom. The fraction of sp³-hybridized carbons (Fsp3) is 0.235. The van der Waals surface area contributed by atoms with E-state index in [4.69, 9.17) is 14.6 Å². The van der Waals surface area contributed by atoms with Crippen molar-refractivity contribution in [2.24, 2.45) is 11.8 Å². The van der Waals surface area contributed by atoms with Crippen molar-refractivity contribution in [1.29, 1.82) is 0 Å². The maximum Gasteiger partial charge on any atom is 0.273 e. The predicted molar refractivity (Wildman–Crippen MR) is 167 cm³/mol. The summed E-state index contributed by atoms with van der Waals surface area (Å²) in [6.07, 6.45) is 1.66. The molecule has 2 aromatic heterocycles. The van der Waals surface area contributed by atoms with Crippen LogP contribution < -0.4 is 5.73 Å². The molecule has 42 heavy (non-hydrogen) atoms. The first-order chi connectivity index (χ1) is 20.2. The maximum atomic E-state index is 11.3. The van der Waals surface area contributed by atoms with Gasteiger partial charge in [0.1, 0.15) is 11.0 Å². The number of hydrogen-bond acceptors (Lipinski definition) is 7. The zero-order valence-electron chi connectivity index (χ0n) is 24.2. The lowest BCUT2D eigenvalue weighted by molar-refractivity contribution is -0.385. The molecule has 0 aliphatic heterocycles. The third-order valence-corrected chi connectivity index (χ3v) is 6.77. The number of anilines is 1. The fourth-order valence-corrected chi connectivity index (χ4v) is 4.82. The van der Waals surface area contributed by atoms with E-state index in [1.165, 1.54) is 5.56 Å². The summed E-state index contributed by atoms with van der Waals surface area (Å²) in [5.74, 6) is 1.97. The number of oxazole rings is 2. The lowest BCUT2D eigenvalue weighted by Crippen LogP contribution is -2.00. The van der Waals surface area contributed by atoms with Gasteiger partial charge in [0.15, 0.2) is 11.2 Å². The first-order valence-electron chi connectivity index (χ1n) is 14.1. The number of aromatic nitrogens is 2. The number of rotatable bonds is 7. The summed E-state index contributed by atoms with van der Waals surface area (Å²) in [4.78, 5) is 19.8. The van der Waals surface area contributed by atoms with Crippen LogP contribution in [0.5, 0.6) is 0 Å².